The molecular weight excluding hydrogens is 240 g/mol. The van der Waals surface area contributed by atoms with Gasteiger partial charge in [0.15, 0.2) is 0 Å². The normalized spacial score (nSPS) is 34.9. The van der Waals surface area contributed by atoms with Gasteiger partial charge in [-0.25, -0.2) is 0 Å². The molecule has 0 bridgehead atoms. The van der Waals surface area contributed by atoms with Crippen molar-refractivity contribution in [2.45, 2.75) is 12.2 Å². The maximum absolute atomic E-state index is 11.9. The molecule has 0 aromatic rings. The van der Waals surface area contributed by atoms with Crippen LogP contribution in [-0.2, 0) is 4.79 Å². The van der Waals surface area contributed by atoms with Gasteiger partial charge in [0.2, 0.25) is 5.91 Å². The van der Waals surface area contributed by atoms with Crippen LogP contribution in [0.5, 0.6) is 0 Å². The van der Waals surface area contributed by atoms with Crippen LogP contribution in [0.2, 0.25) is 0 Å². The molecule has 0 aromatic heterocycles. The molecule has 0 saturated carbocycles. The molecule has 16 heavy (non-hydrogen) atoms. The summed E-state index contributed by atoms with van der Waals surface area (Å²) in [6.45, 7) is 4.82. The van der Waals surface area contributed by atoms with Gasteiger partial charge in [-0.1, -0.05) is 6.92 Å². The van der Waals surface area contributed by atoms with Gasteiger partial charge in [0.1, 0.15) is 0 Å². The summed E-state index contributed by atoms with van der Waals surface area (Å²) in [4.78, 5) is 11.9. The molecule has 3 atom stereocenters. The van der Waals surface area contributed by atoms with Gasteiger partial charge >= 0.3 is 0 Å². The van der Waals surface area contributed by atoms with E-state index in [1.165, 1.54) is 17.3 Å². The predicted octanol–water partition coefficient (Wildman–Crippen LogP) is 0.807. The minimum Gasteiger partial charge on any atom is -0.355 e. The molecule has 2 heterocycles. The third-order valence-electron chi connectivity index (χ3n) is 3.24. The molecule has 2 aliphatic heterocycles. The van der Waals surface area contributed by atoms with Crippen molar-refractivity contribution in [3.05, 3.63) is 0 Å². The van der Waals surface area contributed by atoms with Gasteiger partial charge < -0.3 is 10.6 Å². The van der Waals surface area contributed by atoms with E-state index >= 15 is 0 Å². The van der Waals surface area contributed by atoms with E-state index in [1.54, 1.807) is 0 Å². The second-order valence-corrected chi connectivity index (χ2v) is 7.11. The summed E-state index contributed by atoms with van der Waals surface area (Å²) in [5.41, 5.74) is 0. The van der Waals surface area contributed by atoms with Crippen molar-refractivity contribution in [3.8, 4) is 0 Å². The molecule has 1 amide bonds. The Kier molecular flexibility index (Phi) is 4.85. The number of thioether (sulfide) groups is 2. The van der Waals surface area contributed by atoms with E-state index in [0.717, 1.165) is 19.6 Å². The third kappa shape index (κ3) is 3.31. The maximum Gasteiger partial charge on any atom is 0.224 e. The molecule has 92 valence electrons. The van der Waals surface area contributed by atoms with E-state index in [1.807, 2.05) is 23.5 Å². The lowest BCUT2D eigenvalue weighted by molar-refractivity contribution is -0.125. The highest BCUT2D eigenvalue weighted by atomic mass is 32.2. The summed E-state index contributed by atoms with van der Waals surface area (Å²) >= 11 is 4.00. The molecule has 0 aliphatic carbocycles. The largest absolute Gasteiger partial charge is 0.355 e. The molecule has 3 unspecified atom stereocenters. The van der Waals surface area contributed by atoms with E-state index in [2.05, 4.69) is 17.6 Å². The molecule has 5 heteroatoms. The van der Waals surface area contributed by atoms with Crippen LogP contribution in [0.4, 0.5) is 0 Å². The summed E-state index contributed by atoms with van der Waals surface area (Å²) in [6, 6.07) is 0. The van der Waals surface area contributed by atoms with Crippen LogP contribution in [0.25, 0.3) is 0 Å². The molecule has 2 fully saturated rings. The Hall–Kier alpha value is 0.130. The van der Waals surface area contributed by atoms with Crippen molar-refractivity contribution in [1.82, 2.24) is 10.6 Å². The first-order valence-corrected chi connectivity index (χ1v) is 8.15. The van der Waals surface area contributed by atoms with Gasteiger partial charge in [0.05, 0.1) is 5.92 Å². The average molecular weight is 260 g/mol. The van der Waals surface area contributed by atoms with E-state index in [4.69, 9.17) is 0 Å². The van der Waals surface area contributed by atoms with Crippen LogP contribution < -0.4 is 10.6 Å². The zero-order chi connectivity index (χ0) is 11.4. The molecule has 2 rings (SSSR count). The topological polar surface area (TPSA) is 41.1 Å². The smallest absolute Gasteiger partial charge is 0.224 e. The first kappa shape index (κ1) is 12.6. The SMILES string of the molecule is CC1CNCC1C(=O)NCC1CSCCS1. The van der Waals surface area contributed by atoms with E-state index in [9.17, 15) is 4.79 Å². The van der Waals surface area contributed by atoms with Crippen molar-refractivity contribution < 1.29 is 4.79 Å². The van der Waals surface area contributed by atoms with Gasteiger partial charge in [-0.2, -0.15) is 23.5 Å². The minimum atomic E-state index is 0.182. The number of carbonyl (C=O) groups excluding carboxylic acids is 1. The van der Waals surface area contributed by atoms with Crippen molar-refractivity contribution in [1.29, 1.82) is 0 Å². The lowest BCUT2D eigenvalue weighted by Gasteiger charge is -2.22. The Morgan fingerprint density at radius 3 is 2.94 bits per heavy atom. The van der Waals surface area contributed by atoms with Crippen LogP contribution >= 0.6 is 23.5 Å². The Morgan fingerprint density at radius 1 is 1.44 bits per heavy atom. The second kappa shape index (κ2) is 6.17. The number of carbonyl (C=O) groups is 1. The fourth-order valence-corrected chi connectivity index (χ4v) is 4.77. The van der Waals surface area contributed by atoms with E-state index in [-0.39, 0.29) is 11.8 Å². The van der Waals surface area contributed by atoms with E-state index in [0.29, 0.717) is 11.2 Å². The molecule has 2 aliphatic rings. The van der Waals surface area contributed by atoms with Crippen LogP contribution in [0.15, 0.2) is 0 Å². The molecule has 0 spiro atoms. The van der Waals surface area contributed by atoms with Crippen molar-refractivity contribution in [2.24, 2.45) is 11.8 Å². The zero-order valence-electron chi connectivity index (χ0n) is 9.70. The van der Waals surface area contributed by atoms with Crippen LogP contribution in [0.1, 0.15) is 6.92 Å². The van der Waals surface area contributed by atoms with Crippen molar-refractivity contribution in [3.63, 3.8) is 0 Å². The Morgan fingerprint density at radius 2 is 2.31 bits per heavy atom. The molecule has 0 radical (unpaired) electrons. The summed E-state index contributed by atoms with van der Waals surface area (Å²) in [6.07, 6.45) is 0. The van der Waals surface area contributed by atoms with Crippen molar-refractivity contribution in [2.75, 3.05) is 36.9 Å². The average Bonchev–Trinajstić information content (AvgIpc) is 2.74. The molecule has 2 N–H and O–H groups in total. The van der Waals surface area contributed by atoms with Gasteiger partial charge in [0, 0.05) is 35.6 Å². The third-order valence-corrected chi connectivity index (χ3v) is 6.09. The lowest BCUT2D eigenvalue weighted by atomic mass is 9.97. The fraction of sp³-hybridized carbons (Fsp3) is 0.909. The number of nitrogens with one attached hydrogen (secondary N) is 2. The standard InChI is InChI=1S/C11H20N2OS2/c1-8-4-12-6-10(8)11(14)13-5-9-7-15-2-3-16-9/h8-10,12H,2-7H2,1H3,(H,13,14). The van der Waals surface area contributed by atoms with E-state index < -0.39 is 0 Å². The Balaban J connectivity index is 1.70. The summed E-state index contributed by atoms with van der Waals surface area (Å²) in [5, 5.41) is 7.00. The second-order valence-electron chi connectivity index (χ2n) is 4.55. The maximum atomic E-state index is 11.9. The molecule has 2 saturated heterocycles. The zero-order valence-corrected chi connectivity index (χ0v) is 11.3. The van der Waals surface area contributed by atoms with Gasteiger partial charge in [0.25, 0.3) is 0 Å². The van der Waals surface area contributed by atoms with Crippen LogP contribution in [0, 0.1) is 11.8 Å². The monoisotopic (exact) mass is 260 g/mol. The fourth-order valence-electron chi connectivity index (χ4n) is 2.16. The van der Waals surface area contributed by atoms with Crippen molar-refractivity contribution >= 4 is 29.4 Å². The number of hydrogen-bond acceptors (Lipinski definition) is 4. The highest BCUT2D eigenvalue weighted by Gasteiger charge is 2.29. The molecule has 0 aromatic carbocycles. The predicted molar refractivity (Wildman–Crippen MR) is 72.1 cm³/mol. The summed E-state index contributed by atoms with van der Waals surface area (Å²) in [5.74, 6) is 4.58. The minimum absolute atomic E-state index is 0.182. The summed E-state index contributed by atoms with van der Waals surface area (Å²) < 4.78 is 0. The van der Waals surface area contributed by atoms with Gasteiger partial charge in [-0.3, -0.25) is 4.79 Å². The Bertz CT molecular complexity index is 244. The highest BCUT2D eigenvalue weighted by Crippen LogP contribution is 2.23. The number of hydrogen-bond donors (Lipinski definition) is 2. The first-order chi connectivity index (χ1) is 7.77. The number of rotatable bonds is 3. The molecule has 3 nitrogen and oxygen atoms in total. The molecular formula is C11H20N2OS2. The van der Waals surface area contributed by atoms with Crippen LogP contribution in [-0.4, -0.2) is 48.0 Å². The quantitative estimate of drug-likeness (QED) is 0.788. The summed E-state index contributed by atoms with van der Waals surface area (Å²) in [7, 11) is 0. The van der Waals surface area contributed by atoms with Gasteiger partial charge in [-0.15, -0.1) is 0 Å². The number of amides is 1. The Labute approximate surface area is 106 Å². The van der Waals surface area contributed by atoms with Gasteiger partial charge in [-0.05, 0) is 12.5 Å². The van der Waals surface area contributed by atoms with Crippen LogP contribution in [0.3, 0.4) is 0 Å². The lowest BCUT2D eigenvalue weighted by Crippen LogP contribution is -2.39. The highest BCUT2D eigenvalue weighted by molar-refractivity contribution is 8.06. The first-order valence-electron chi connectivity index (χ1n) is 5.95.